The van der Waals surface area contributed by atoms with Crippen molar-refractivity contribution in [2.75, 3.05) is 0 Å². The predicted molar refractivity (Wildman–Crippen MR) is 37.2 cm³/mol. The van der Waals surface area contributed by atoms with E-state index in [0.717, 1.165) is 5.56 Å². The summed E-state index contributed by atoms with van der Waals surface area (Å²) >= 11 is 0. The molecule has 0 bridgehead atoms. The zero-order valence-corrected chi connectivity index (χ0v) is 5.64. The molecule has 0 fully saturated rings. The standard InChI is InChI=1S/C6H9N3O/c1-4-2-3-8-5(4)6(10)9-7/h2-3,8H,7H2,1H3,(H,9,10). The summed E-state index contributed by atoms with van der Waals surface area (Å²) in [6.07, 6.45) is 1.69. The van der Waals surface area contributed by atoms with Crippen molar-refractivity contribution in [3.8, 4) is 0 Å². The third-order valence-corrected chi connectivity index (χ3v) is 1.31. The second kappa shape index (κ2) is 2.53. The molecule has 4 heteroatoms. The van der Waals surface area contributed by atoms with E-state index in [1.165, 1.54) is 0 Å². The SMILES string of the molecule is Cc1cc[nH]c1C(=O)NN. The highest BCUT2D eigenvalue weighted by Gasteiger charge is 2.06. The van der Waals surface area contributed by atoms with E-state index in [1.807, 2.05) is 18.4 Å². The molecule has 54 valence electrons. The third kappa shape index (κ3) is 1.01. The Balaban J connectivity index is 2.93. The molecule has 4 N–H and O–H groups in total. The van der Waals surface area contributed by atoms with Gasteiger partial charge in [0.1, 0.15) is 5.69 Å². The number of aromatic amines is 1. The highest BCUT2D eigenvalue weighted by atomic mass is 16.2. The number of hydrazine groups is 1. The first kappa shape index (κ1) is 6.82. The summed E-state index contributed by atoms with van der Waals surface area (Å²) in [7, 11) is 0. The molecular weight excluding hydrogens is 130 g/mol. The number of aryl methyl sites for hydroxylation is 1. The fraction of sp³-hybridized carbons (Fsp3) is 0.167. The Hall–Kier alpha value is -1.29. The molecule has 0 aliphatic rings. The number of carbonyl (C=O) groups excluding carboxylic acids is 1. The highest BCUT2D eigenvalue weighted by Crippen LogP contribution is 2.02. The van der Waals surface area contributed by atoms with Crippen LogP contribution in [-0.4, -0.2) is 10.9 Å². The molecule has 1 amide bonds. The Bertz CT molecular complexity index is 241. The largest absolute Gasteiger partial charge is 0.357 e. The lowest BCUT2D eigenvalue weighted by atomic mass is 10.3. The minimum absolute atomic E-state index is 0.289. The van der Waals surface area contributed by atoms with Crippen molar-refractivity contribution < 1.29 is 4.79 Å². The molecule has 0 aliphatic carbocycles. The van der Waals surface area contributed by atoms with Gasteiger partial charge in [-0.15, -0.1) is 0 Å². The molecule has 0 aromatic carbocycles. The van der Waals surface area contributed by atoms with Crippen molar-refractivity contribution in [1.82, 2.24) is 10.4 Å². The topological polar surface area (TPSA) is 70.9 Å². The van der Waals surface area contributed by atoms with Crippen molar-refractivity contribution in [1.29, 1.82) is 0 Å². The van der Waals surface area contributed by atoms with E-state index in [0.29, 0.717) is 5.69 Å². The Morgan fingerprint density at radius 1 is 1.80 bits per heavy atom. The monoisotopic (exact) mass is 139 g/mol. The third-order valence-electron chi connectivity index (χ3n) is 1.31. The lowest BCUT2D eigenvalue weighted by Crippen LogP contribution is -2.30. The van der Waals surface area contributed by atoms with Gasteiger partial charge in [0, 0.05) is 6.20 Å². The second-order valence-corrected chi connectivity index (χ2v) is 2.01. The Morgan fingerprint density at radius 3 is 2.90 bits per heavy atom. The quantitative estimate of drug-likeness (QED) is 0.289. The van der Waals surface area contributed by atoms with Gasteiger partial charge in [-0.3, -0.25) is 10.2 Å². The number of hydrogen-bond acceptors (Lipinski definition) is 2. The predicted octanol–water partition coefficient (Wildman–Crippen LogP) is -0.0734. The van der Waals surface area contributed by atoms with Crippen LogP contribution < -0.4 is 11.3 Å². The molecule has 0 radical (unpaired) electrons. The number of aromatic nitrogens is 1. The fourth-order valence-electron chi connectivity index (χ4n) is 0.764. The molecule has 0 aliphatic heterocycles. The summed E-state index contributed by atoms with van der Waals surface area (Å²) in [5, 5.41) is 0. The van der Waals surface area contributed by atoms with E-state index in [4.69, 9.17) is 5.84 Å². The molecule has 0 spiro atoms. The van der Waals surface area contributed by atoms with E-state index in [9.17, 15) is 4.79 Å². The van der Waals surface area contributed by atoms with E-state index in [-0.39, 0.29) is 5.91 Å². The van der Waals surface area contributed by atoms with Crippen LogP contribution in [0.3, 0.4) is 0 Å². The molecular formula is C6H9N3O. The number of amides is 1. The zero-order valence-electron chi connectivity index (χ0n) is 5.64. The van der Waals surface area contributed by atoms with E-state index < -0.39 is 0 Å². The highest BCUT2D eigenvalue weighted by molar-refractivity contribution is 5.93. The van der Waals surface area contributed by atoms with Gasteiger partial charge in [-0.2, -0.15) is 0 Å². The number of hydrogen-bond donors (Lipinski definition) is 3. The van der Waals surface area contributed by atoms with Crippen LogP contribution in [0.25, 0.3) is 0 Å². The van der Waals surface area contributed by atoms with Crippen LogP contribution in [0.2, 0.25) is 0 Å². The molecule has 1 rings (SSSR count). The van der Waals surface area contributed by atoms with Gasteiger partial charge < -0.3 is 4.98 Å². The molecule has 1 heterocycles. The number of nitrogens with one attached hydrogen (secondary N) is 2. The number of H-pyrrole nitrogens is 1. The van der Waals surface area contributed by atoms with E-state index in [1.54, 1.807) is 6.20 Å². The lowest BCUT2D eigenvalue weighted by molar-refractivity contribution is 0.0948. The summed E-state index contributed by atoms with van der Waals surface area (Å²) in [5.74, 6) is 4.62. The number of carbonyl (C=O) groups is 1. The maximum absolute atomic E-state index is 10.8. The van der Waals surface area contributed by atoms with Gasteiger partial charge in [0.25, 0.3) is 5.91 Å². The van der Waals surface area contributed by atoms with Crippen molar-refractivity contribution in [3.63, 3.8) is 0 Å². The summed E-state index contributed by atoms with van der Waals surface area (Å²) in [6.45, 7) is 1.83. The Labute approximate surface area is 58.4 Å². The first-order valence-electron chi connectivity index (χ1n) is 2.90. The van der Waals surface area contributed by atoms with Gasteiger partial charge in [-0.1, -0.05) is 0 Å². The maximum atomic E-state index is 10.8. The van der Waals surface area contributed by atoms with Crippen LogP contribution >= 0.6 is 0 Å². The summed E-state index contributed by atoms with van der Waals surface area (Å²) < 4.78 is 0. The lowest BCUT2D eigenvalue weighted by Gasteiger charge is -1.95. The molecule has 0 saturated carbocycles. The molecule has 0 atom stereocenters. The summed E-state index contributed by atoms with van der Waals surface area (Å²) in [4.78, 5) is 13.6. The minimum Gasteiger partial charge on any atom is -0.357 e. The average molecular weight is 139 g/mol. The van der Waals surface area contributed by atoms with Gasteiger partial charge in [0.05, 0.1) is 0 Å². The minimum atomic E-state index is -0.289. The average Bonchev–Trinajstić information content (AvgIpc) is 2.34. The first-order chi connectivity index (χ1) is 4.75. The number of nitrogens with two attached hydrogens (primary N) is 1. The van der Waals surface area contributed by atoms with Crippen LogP contribution in [0.15, 0.2) is 12.3 Å². The number of rotatable bonds is 1. The van der Waals surface area contributed by atoms with E-state index in [2.05, 4.69) is 4.98 Å². The molecule has 0 saturated heterocycles. The zero-order chi connectivity index (χ0) is 7.56. The first-order valence-corrected chi connectivity index (χ1v) is 2.90. The van der Waals surface area contributed by atoms with Gasteiger partial charge in [0.15, 0.2) is 0 Å². The van der Waals surface area contributed by atoms with Crippen molar-refractivity contribution >= 4 is 5.91 Å². The van der Waals surface area contributed by atoms with Gasteiger partial charge in [-0.25, -0.2) is 5.84 Å². The molecule has 1 aromatic rings. The normalized spacial score (nSPS) is 9.40. The molecule has 4 nitrogen and oxygen atoms in total. The van der Waals surface area contributed by atoms with Crippen LogP contribution in [-0.2, 0) is 0 Å². The van der Waals surface area contributed by atoms with Crippen LogP contribution in [0.5, 0.6) is 0 Å². The Kier molecular flexibility index (Phi) is 1.73. The van der Waals surface area contributed by atoms with Crippen molar-refractivity contribution in [2.24, 2.45) is 5.84 Å². The molecule has 1 aromatic heterocycles. The van der Waals surface area contributed by atoms with E-state index >= 15 is 0 Å². The van der Waals surface area contributed by atoms with Crippen LogP contribution in [0, 0.1) is 6.92 Å². The smallest absolute Gasteiger partial charge is 0.281 e. The van der Waals surface area contributed by atoms with Gasteiger partial charge >= 0.3 is 0 Å². The maximum Gasteiger partial charge on any atom is 0.281 e. The summed E-state index contributed by atoms with van der Waals surface area (Å²) in [5.41, 5.74) is 3.45. The van der Waals surface area contributed by atoms with Crippen molar-refractivity contribution in [2.45, 2.75) is 6.92 Å². The second-order valence-electron chi connectivity index (χ2n) is 2.01. The van der Waals surface area contributed by atoms with Gasteiger partial charge in [0.2, 0.25) is 0 Å². The van der Waals surface area contributed by atoms with Crippen LogP contribution in [0.4, 0.5) is 0 Å². The fourth-order valence-corrected chi connectivity index (χ4v) is 0.764. The van der Waals surface area contributed by atoms with Crippen molar-refractivity contribution in [3.05, 3.63) is 23.5 Å². The molecule has 10 heavy (non-hydrogen) atoms. The van der Waals surface area contributed by atoms with Gasteiger partial charge in [-0.05, 0) is 18.6 Å². The Morgan fingerprint density at radius 2 is 2.50 bits per heavy atom. The molecule has 0 unspecified atom stereocenters. The number of nitrogen functional groups attached to an aromatic ring is 1. The van der Waals surface area contributed by atoms with Crippen LogP contribution in [0.1, 0.15) is 16.1 Å². The summed E-state index contributed by atoms with van der Waals surface area (Å²) in [6, 6.07) is 1.81.